The predicted octanol–water partition coefficient (Wildman–Crippen LogP) is -0.421. The van der Waals surface area contributed by atoms with Gasteiger partial charge in [0.1, 0.15) is 0 Å². The van der Waals surface area contributed by atoms with Gasteiger partial charge in [0.05, 0.1) is 18.9 Å². The van der Waals surface area contributed by atoms with E-state index in [1.807, 2.05) is 5.38 Å². The Morgan fingerprint density at radius 3 is 3.06 bits per heavy atom. The maximum atomic E-state index is 11.2. The number of thiazole rings is 1. The maximum absolute atomic E-state index is 11.2. The first-order chi connectivity index (χ1) is 7.79. The number of carbonyl (C=O) groups excluding carboxylic acids is 1. The molecule has 7 heteroatoms. The highest BCUT2D eigenvalue weighted by Gasteiger charge is 2.14. The minimum absolute atomic E-state index is 0.335. The van der Waals surface area contributed by atoms with E-state index in [0.29, 0.717) is 5.01 Å². The third-order valence-corrected chi connectivity index (χ3v) is 3.26. The van der Waals surface area contributed by atoms with E-state index in [0.717, 1.165) is 38.5 Å². The van der Waals surface area contributed by atoms with Crippen molar-refractivity contribution in [3.05, 3.63) is 16.1 Å². The van der Waals surface area contributed by atoms with E-state index >= 15 is 0 Å². The standard InChI is InChI=1S/C9H14N4O2S/c10-12-8(14)9-11-7(6-16-9)5-13-1-3-15-4-2-13/h6H,1-5,10H2,(H,12,14). The lowest BCUT2D eigenvalue weighted by atomic mass is 10.3. The lowest BCUT2D eigenvalue weighted by Gasteiger charge is -2.25. The lowest BCUT2D eigenvalue weighted by molar-refractivity contribution is 0.0337. The van der Waals surface area contributed by atoms with Crippen molar-refractivity contribution in [1.82, 2.24) is 15.3 Å². The van der Waals surface area contributed by atoms with E-state index in [2.05, 4.69) is 15.3 Å². The van der Waals surface area contributed by atoms with Gasteiger partial charge in [-0.15, -0.1) is 11.3 Å². The summed E-state index contributed by atoms with van der Waals surface area (Å²) >= 11 is 1.31. The Labute approximate surface area is 97.4 Å². The molecule has 0 saturated carbocycles. The zero-order valence-corrected chi connectivity index (χ0v) is 9.63. The first-order valence-corrected chi connectivity index (χ1v) is 5.93. The molecule has 1 saturated heterocycles. The van der Waals surface area contributed by atoms with Gasteiger partial charge in [0.15, 0.2) is 5.01 Å². The number of morpholine rings is 1. The molecule has 1 aromatic heterocycles. The number of aromatic nitrogens is 1. The van der Waals surface area contributed by atoms with Crippen molar-refractivity contribution in [1.29, 1.82) is 0 Å². The molecular formula is C9H14N4O2S. The van der Waals surface area contributed by atoms with Crippen LogP contribution in [0.2, 0.25) is 0 Å². The molecule has 88 valence electrons. The van der Waals surface area contributed by atoms with Crippen molar-refractivity contribution < 1.29 is 9.53 Å². The summed E-state index contributed by atoms with van der Waals surface area (Å²) in [6.07, 6.45) is 0. The molecule has 1 amide bonds. The van der Waals surface area contributed by atoms with Gasteiger partial charge < -0.3 is 4.74 Å². The molecule has 6 nitrogen and oxygen atoms in total. The van der Waals surface area contributed by atoms with Crippen molar-refractivity contribution in [2.24, 2.45) is 5.84 Å². The topological polar surface area (TPSA) is 80.5 Å². The number of hydrazine groups is 1. The molecule has 0 aliphatic carbocycles. The normalized spacial score (nSPS) is 17.3. The molecule has 1 aromatic rings. The highest BCUT2D eigenvalue weighted by molar-refractivity contribution is 7.11. The molecule has 0 spiro atoms. The Morgan fingerprint density at radius 1 is 1.62 bits per heavy atom. The van der Waals surface area contributed by atoms with Crippen LogP contribution in [-0.4, -0.2) is 42.1 Å². The highest BCUT2D eigenvalue weighted by Crippen LogP contribution is 2.12. The zero-order valence-electron chi connectivity index (χ0n) is 8.81. The third kappa shape index (κ3) is 2.76. The summed E-state index contributed by atoms with van der Waals surface area (Å²) in [5, 5.41) is 2.30. The van der Waals surface area contributed by atoms with E-state index < -0.39 is 0 Å². The molecule has 0 bridgehead atoms. The molecule has 1 aliphatic rings. The van der Waals surface area contributed by atoms with Crippen LogP contribution < -0.4 is 11.3 Å². The van der Waals surface area contributed by atoms with Gasteiger partial charge in [-0.2, -0.15) is 0 Å². The third-order valence-electron chi connectivity index (χ3n) is 2.37. The molecule has 0 radical (unpaired) electrons. The number of carbonyl (C=O) groups is 1. The molecule has 0 unspecified atom stereocenters. The summed E-state index contributed by atoms with van der Waals surface area (Å²) in [7, 11) is 0. The Morgan fingerprint density at radius 2 is 2.38 bits per heavy atom. The van der Waals surface area contributed by atoms with Crippen molar-refractivity contribution in [3.63, 3.8) is 0 Å². The van der Waals surface area contributed by atoms with Gasteiger partial charge in [0, 0.05) is 25.0 Å². The summed E-state index contributed by atoms with van der Waals surface area (Å²) < 4.78 is 5.26. The van der Waals surface area contributed by atoms with Crippen LogP contribution in [0.25, 0.3) is 0 Å². The first kappa shape index (κ1) is 11.5. The molecule has 16 heavy (non-hydrogen) atoms. The van der Waals surface area contributed by atoms with Crippen LogP contribution in [0.1, 0.15) is 15.5 Å². The molecule has 2 rings (SSSR count). The summed E-state index contributed by atoms with van der Waals surface area (Å²) in [4.78, 5) is 17.7. The minimum atomic E-state index is -0.335. The van der Waals surface area contributed by atoms with E-state index in [1.54, 1.807) is 0 Å². The van der Waals surface area contributed by atoms with Gasteiger partial charge in [-0.25, -0.2) is 10.8 Å². The maximum Gasteiger partial charge on any atom is 0.294 e. The summed E-state index contributed by atoms with van der Waals surface area (Å²) in [6.45, 7) is 4.12. The fraction of sp³-hybridized carbons (Fsp3) is 0.556. The van der Waals surface area contributed by atoms with E-state index in [1.165, 1.54) is 11.3 Å². The fourth-order valence-corrected chi connectivity index (χ4v) is 2.24. The van der Waals surface area contributed by atoms with Crippen molar-refractivity contribution in [2.45, 2.75) is 6.54 Å². The van der Waals surface area contributed by atoms with Crippen molar-refractivity contribution in [2.75, 3.05) is 26.3 Å². The van der Waals surface area contributed by atoms with Gasteiger partial charge in [-0.3, -0.25) is 15.1 Å². The lowest BCUT2D eigenvalue weighted by Crippen LogP contribution is -2.35. The second-order valence-corrected chi connectivity index (χ2v) is 4.36. The van der Waals surface area contributed by atoms with Crippen LogP contribution in [0.3, 0.4) is 0 Å². The van der Waals surface area contributed by atoms with Crippen LogP contribution in [0, 0.1) is 0 Å². The van der Waals surface area contributed by atoms with Crippen LogP contribution >= 0.6 is 11.3 Å². The number of nitrogens with zero attached hydrogens (tertiary/aromatic N) is 2. The van der Waals surface area contributed by atoms with E-state index in [9.17, 15) is 4.79 Å². The highest BCUT2D eigenvalue weighted by atomic mass is 32.1. The van der Waals surface area contributed by atoms with E-state index in [-0.39, 0.29) is 5.91 Å². The van der Waals surface area contributed by atoms with Gasteiger partial charge in [-0.05, 0) is 0 Å². The molecule has 3 N–H and O–H groups in total. The molecular weight excluding hydrogens is 228 g/mol. The first-order valence-electron chi connectivity index (χ1n) is 5.05. The second kappa shape index (κ2) is 5.35. The Kier molecular flexibility index (Phi) is 3.83. The second-order valence-electron chi connectivity index (χ2n) is 3.51. The number of rotatable bonds is 3. The quantitative estimate of drug-likeness (QED) is 0.427. The Balaban J connectivity index is 1.94. The molecule has 2 heterocycles. The fourth-order valence-electron chi connectivity index (χ4n) is 1.53. The number of nitrogens with one attached hydrogen (secondary N) is 1. The van der Waals surface area contributed by atoms with Crippen LogP contribution in [-0.2, 0) is 11.3 Å². The zero-order chi connectivity index (χ0) is 11.4. The minimum Gasteiger partial charge on any atom is -0.379 e. The molecule has 1 fully saturated rings. The van der Waals surface area contributed by atoms with Gasteiger partial charge in [0.2, 0.25) is 0 Å². The Hall–Kier alpha value is -1.02. The number of nitrogens with two attached hydrogens (primary N) is 1. The number of ether oxygens (including phenoxy) is 1. The summed E-state index contributed by atoms with van der Waals surface area (Å²) in [6, 6.07) is 0. The van der Waals surface area contributed by atoms with Gasteiger partial charge >= 0.3 is 0 Å². The van der Waals surface area contributed by atoms with E-state index in [4.69, 9.17) is 10.6 Å². The largest absolute Gasteiger partial charge is 0.379 e. The summed E-state index contributed by atoms with van der Waals surface area (Å²) in [5.74, 6) is 4.70. The Bertz CT molecular complexity index is 362. The molecule has 0 atom stereocenters. The van der Waals surface area contributed by atoms with Gasteiger partial charge in [0.25, 0.3) is 5.91 Å². The SMILES string of the molecule is NNC(=O)c1nc(CN2CCOCC2)cs1. The van der Waals surface area contributed by atoms with Crippen LogP contribution in [0.4, 0.5) is 0 Å². The van der Waals surface area contributed by atoms with Crippen LogP contribution in [0.5, 0.6) is 0 Å². The average molecular weight is 242 g/mol. The van der Waals surface area contributed by atoms with Crippen molar-refractivity contribution in [3.8, 4) is 0 Å². The smallest absolute Gasteiger partial charge is 0.294 e. The monoisotopic (exact) mass is 242 g/mol. The van der Waals surface area contributed by atoms with Gasteiger partial charge in [-0.1, -0.05) is 0 Å². The number of nitrogen functional groups attached to an aromatic ring is 1. The molecule has 0 aromatic carbocycles. The summed E-state index contributed by atoms with van der Waals surface area (Å²) in [5.41, 5.74) is 2.98. The number of amides is 1. The van der Waals surface area contributed by atoms with Crippen molar-refractivity contribution >= 4 is 17.2 Å². The number of hydrogen-bond donors (Lipinski definition) is 2. The predicted molar refractivity (Wildman–Crippen MR) is 59.9 cm³/mol. The number of hydrogen-bond acceptors (Lipinski definition) is 6. The van der Waals surface area contributed by atoms with Crippen LogP contribution in [0.15, 0.2) is 5.38 Å². The average Bonchev–Trinajstić information content (AvgIpc) is 2.78. The molecule has 1 aliphatic heterocycles.